The summed E-state index contributed by atoms with van der Waals surface area (Å²) in [7, 11) is 0. The van der Waals surface area contributed by atoms with Crippen molar-refractivity contribution >= 4 is 11.9 Å². The van der Waals surface area contributed by atoms with Crippen molar-refractivity contribution < 1.29 is 19.4 Å². The van der Waals surface area contributed by atoms with Gasteiger partial charge >= 0.3 is 11.9 Å². The summed E-state index contributed by atoms with van der Waals surface area (Å²) in [5.41, 5.74) is 0. The monoisotopic (exact) mass is 310 g/mol. The lowest BCUT2D eigenvalue weighted by Gasteiger charge is -2.35. The molecule has 0 bridgehead atoms. The SMILES string of the molecule is CCCCC1CCC(C(OC(=O)/C=C/C(=O)O)C(C)C)CC1. The second-order valence-electron chi connectivity index (χ2n) is 6.74. The molecule has 0 spiro atoms. The smallest absolute Gasteiger partial charge is 0.331 e. The molecule has 22 heavy (non-hydrogen) atoms. The van der Waals surface area contributed by atoms with Gasteiger partial charge in [0.05, 0.1) is 0 Å². The Morgan fingerprint density at radius 2 is 1.82 bits per heavy atom. The molecule has 1 atom stereocenters. The van der Waals surface area contributed by atoms with E-state index in [1.807, 2.05) is 0 Å². The van der Waals surface area contributed by atoms with E-state index in [4.69, 9.17) is 9.84 Å². The van der Waals surface area contributed by atoms with Gasteiger partial charge in [-0.15, -0.1) is 0 Å². The standard InChI is InChI=1S/C18H30O4/c1-4-5-6-14-7-9-15(10-8-14)18(13(2)3)22-17(21)12-11-16(19)20/h11-15,18H,4-10H2,1-3H3,(H,19,20)/b12-11+. The van der Waals surface area contributed by atoms with Crippen LogP contribution >= 0.6 is 0 Å². The Kier molecular flexibility index (Phi) is 8.21. The van der Waals surface area contributed by atoms with Crippen molar-refractivity contribution in [1.29, 1.82) is 0 Å². The van der Waals surface area contributed by atoms with Crippen LogP contribution in [0, 0.1) is 17.8 Å². The van der Waals surface area contributed by atoms with E-state index in [1.165, 1.54) is 32.1 Å². The van der Waals surface area contributed by atoms with Crippen molar-refractivity contribution in [1.82, 2.24) is 0 Å². The van der Waals surface area contributed by atoms with Gasteiger partial charge in [0.15, 0.2) is 0 Å². The number of carbonyl (C=O) groups excluding carboxylic acids is 1. The summed E-state index contributed by atoms with van der Waals surface area (Å²) in [6.07, 6.45) is 10.2. The van der Waals surface area contributed by atoms with Crippen LogP contribution in [-0.2, 0) is 14.3 Å². The predicted octanol–water partition coefficient (Wildman–Crippen LogP) is 4.19. The minimum Gasteiger partial charge on any atom is -0.478 e. The van der Waals surface area contributed by atoms with E-state index < -0.39 is 11.9 Å². The molecule has 1 N–H and O–H groups in total. The Labute approximate surface area is 133 Å². The highest BCUT2D eigenvalue weighted by atomic mass is 16.5. The average Bonchev–Trinajstić information content (AvgIpc) is 2.49. The van der Waals surface area contributed by atoms with Gasteiger partial charge in [-0.1, -0.05) is 52.9 Å². The third kappa shape index (κ3) is 6.63. The summed E-state index contributed by atoms with van der Waals surface area (Å²) >= 11 is 0. The summed E-state index contributed by atoms with van der Waals surface area (Å²) in [5, 5.41) is 8.56. The predicted molar refractivity (Wildman–Crippen MR) is 86.5 cm³/mol. The minimum atomic E-state index is -1.13. The minimum absolute atomic E-state index is 0.113. The first-order valence-corrected chi connectivity index (χ1v) is 8.55. The number of unbranched alkanes of at least 4 members (excludes halogenated alkanes) is 1. The number of carboxylic acid groups (broad SMARTS) is 1. The lowest BCUT2D eigenvalue weighted by molar-refractivity contribution is -0.150. The third-order valence-corrected chi connectivity index (χ3v) is 4.59. The number of carboxylic acids is 1. The fraction of sp³-hybridized carbons (Fsp3) is 0.778. The summed E-state index contributed by atoms with van der Waals surface area (Å²) in [6, 6.07) is 0. The summed E-state index contributed by atoms with van der Waals surface area (Å²) in [5.74, 6) is -0.199. The maximum atomic E-state index is 11.7. The lowest BCUT2D eigenvalue weighted by Crippen LogP contribution is -2.34. The molecule has 0 radical (unpaired) electrons. The lowest BCUT2D eigenvalue weighted by atomic mass is 9.75. The fourth-order valence-electron chi connectivity index (χ4n) is 3.39. The van der Waals surface area contributed by atoms with Crippen LogP contribution in [0.5, 0.6) is 0 Å². The van der Waals surface area contributed by atoms with Gasteiger partial charge in [-0.05, 0) is 30.6 Å². The van der Waals surface area contributed by atoms with E-state index in [1.54, 1.807) is 0 Å². The van der Waals surface area contributed by atoms with Crippen LogP contribution in [0.2, 0.25) is 0 Å². The van der Waals surface area contributed by atoms with Crippen molar-refractivity contribution in [3.8, 4) is 0 Å². The maximum absolute atomic E-state index is 11.7. The number of esters is 1. The van der Waals surface area contributed by atoms with E-state index in [0.717, 1.165) is 30.9 Å². The summed E-state index contributed by atoms with van der Waals surface area (Å²) in [6.45, 7) is 6.34. The Bertz CT molecular complexity index is 379. The van der Waals surface area contributed by atoms with Gasteiger partial charge in [-0.3, -0.25) is 0 Å². The zero-order valence-corrected chi connectivity index (χ0v) is 14.1. The van der Waals surface area contributed by atoms with Crippen molar-refractivity contribution in [2.45, 2.75) is 71.8 Å². The largest absolute Gasteiger partial charge is 0.478 e. The summed E-state index contributed by atoms with van der Waals surface area (Å²) < 4.78 is 5.53. The zero-order chi connectivity index (χ0) is 16.5. The molecule has 1 rings (SSSR count). The fourth-order valence-corrected chi connectivity index (χ4v) is 3.39. The van der Waals surface area contributed by atoms with E-state index in [0.29, 0.717) is 5.92 Å². The Morgan fingerprint density at radius 1 is 1.18 bits per heavy atom. The molecule has 0 saturated heterocycles. The molecule has 1 saturated carbocycles. The normalized spacial score (nSPS) is 23.6. The molecule has 1 unspecified atom stereocenters. The molecule has 126 valence electrons. The van der Waals surface area contributed by atoms with Crippen molar-refractivity contribution in [3.05, 3.63) is 12.2 Å². The highest BCUT2D eigenvalue weighted by molar-refractivity contribution is 5.90. The van der Waals surface area contributed by atoms with Crippen LogP contribution in [0.4, 0.5) is 0 Å². The summed E-state index contributed by atoms with van der Waals surface area (Å²) in [4.78, 5) is 22.2. The second-order valence-corrected chi connectivity index (χ2v) is 6.74. The number of aliphatic carboxylic acids is 1. The molecule has 1 aliphatic carbocycles. The number of hydrogen-bond donors (Lipinski definition) is 1. The number of carbonyl (C=O) groups is 2. The highest BCUT2D eigenvalue weighted by Gasteiger charge is 2.31. The second kappa shape index (κ2) is 9.65. The molecule has 0 aromatic heterocycles. The first-order chi connectivity index (χ1) is 10.4. The van der Waals surface area contributed by atoms with E-state index in [9.17, 15) is 9.59 Å². The molecule has 4 nitrogen and oxygen atoms in total. The van der Waals surface area contributed by atoms with Crippen LogP contribution in [0.25, 0.3) is 0 Å². The number of ether oxygens (including phenoxy) is 1. The molecule has 0 heterocycles. The Hall–Kier alpha value is -1.32. The average molecular weight is 310 g/mol. The van der Waals surface area contributed by atoms with Crippen molar-refractivity contribution in [3.63, 3.8) is 0 Å². The molecule has 1 fully saturated rings. The van der Waals surface area contributed by atoms with Gasteiger partial charge in [0, 0.05) is 12.2 Å². The molecule has 1 aliphatic rings. The molecule has 4 heteroatoms. The van der Waals surface area contributed by atoms with Crippen LogP contribution < -0.4 is 0 Å². The van der Waals surface area contributed by atoms with Crippen LogP contribution in [0.1, 0.15) is 65.7 Å². The first-order valence-electron chi connectivity index (χ1n) is 8.55. The third-order valence-electron chi connectivity index (χ3n) is 4.59. The zero-order valence-electron chi connectivity index (χ0n) is 14.1. The van der Waals surface area contributed by atoms with Crippen LogP contribution in [0.3, 0.4) is 0 Å². The van der Waals surface area contributed by atoms with Crippen LogP contribution in [0.15, 0.2) is 12.2 Å². The van der Waals surface area contributed by atoms with E-state index in [-0.39, 0.29) is 12.0 Å². The molecule has 0 amide bonds. The Balaban J connectivity index is 2.51. The highest BCUT2D eigenvalue weighted by Crippen LogP contribution is 2.36. The quantitative estimate of drug-likeness (QED) is 0.539. The number of rotatable bonds is 8. The van der Waals surface area contributed by atoms with Gasteiger partial charge in [0.25, 0.3) is 0 Å². The van der Waals surface area contributed by atoms with Gasteiger partial charge in [-0.2, -0.15) is 0 Å². The molecular formula is C18H30O4. The molecule has 0 aromatic carbocycles. The molecule has 0 aromatic rings. The van der Waals surface area contributed by atoms with Gasteiger partial charge in [0.2, 0.25) is 0 Å². The molecule has 0 aliphatic heterocycles. The topological polar surface area (TPSA) is 63.6 Å². The van der Waals surface area contributed by atoms with Gasteiger partial charge in [0.1, 0.15) is 6.10 Å². The van der Waals surface area contributed by atoms with Crippen LogP contribution in [-0.4, -0.2) is 23.1 Å². The Morgan fingerprint density at radius 3 is 2.32 bits per heavy atom. The maximum Gasteiger partial charge on any atom is 0.331 e. The number of hydrogen-bond acceptors (Lipinski definition) is 3. The van der Waals surface area contributed by atoms with Crippen molar-refractivity contribution in [2.75, 3.05) is 0 Å². The first kappa shape index (κ1) is 18.7. The molecular weight excluding hydrogens is 280 g/mol. The van der Waals surface area contributed by atoms with Gasteiger partial charge in [-0.25, -0.2) is 9.59 Å². The van der Waals surface area contributed by atoms with Gasteiger partial charge < -0.3 is 9.84 Å². The van der Waals surface area contributed by atoms with E-state index in [2.05, 4.69) is 20.8 Å². The van der Waals surface area contributed by atoms with E-state index >= 15 is 0 Å². The van der Waals surface area contributed by atoms with Crippen molar-refractivity contribution in [2.24, 2.45) is 17.8 Å².